The highest BCUT2D eigenvalue weighted by molar-refractivity contribution is 9.10. The van der Waals surface area contributed by atoms with Gasteiger partial charge in [-0.2, -0.15) is 0 Å². The summed E-state index contributed by atoms with van der Waals surface area (Å²) >= 11 is 3.15. The van der Waals surface area contributed by atoms with Crippen LogP contribution in [-0.4, -0.2) is 11.5 Å². The van der Waals surface area contributed by atoms with Gasteiger partial charge in [0.2, 0.25) is 5.88 Å². The van der Waals surface area contributed by atoms with Gasteiger partial charge in [-0.05, 0) is 22.0 Å². The van der Waals surface area contributed by atoms with Gasteiger partial charge in [0.15, 0.2) is 0 Å². The fourth-order valence-corrected chi connectivity index (χ4v) is 0.798. The summed E-state index contributed by atoms with van der Waals surface area (Å²) < 4.78 is 5.25. The molecule has 1 rings (SSSR count). The Balaban J connectivity index is 2.72. The third-order valence-electron chi connectivity index (χ3n) is 0.799. The SMILES string of the molecule is O=COc1ccc(Br)[nH]1. The Hall–Kier alpha value is -0.770. The first-order valence-electron chi connectivity index (χ1n) is 2.28. The summed E-state index contributed by atoms with van der Waals surface area (Å²) in [6.45, 7) is 0.373. The number of hydrogen-bond acceptors (Lipinski definition) is 2. The molecule has 1 aromatic heterocycles. The van der Waals surface area contributed by atoms with Crippen LogP contribution < -0.4 is 4.74 Å². The summed E-state index contributed by atoms with van der Waals surface area (Å²) in [6.07, 6.45) is 0. The summed E-state index contributed by atoms with van der Waals surface area (Å²) in [4.78, 5) is 12.5. The molecule has 0 aliphatic heterocycles. The lowest BCUT2D eigenvalue weighted by atomic mass is 10.7. The van der Waals surface area contributed by atoms with E-state index in [2.05, 4.69) is 25.7 Å². The summed E-state index contributed by atoms with van der Waals surface area (Å²) in [6, 6.07) is 3.40. The first kappa shape index (κ1) is 6.35. The molecule has 1 N–H and O–H groups in total. The molecule has 0 aromatic carbocycles. The molecule has 3 nitrogen and oxygen atoms in total. The Kier molecular flexibility index (Phi) is 1.89. The average Bonchev–Trinajstić information content (AvgIpc) is 2.17. The van der Waals surface area contributed by atoms with Gasteiger partial charge in [-0.15, -0.1) is 0 Å². The Morgan fingerprint density at radius 1 is 1.67 bits per heavy atom. The molecule has 1 heterocycles. The van der Waals surface area contributed by atoms with Crippen molar-refractivity contribution >= 4 is 22.4 Å². The smallest absolute Gasteiger partial charge is 0.299 e. The van der Waals surface area contributed by atoms with Crippen LogP contribution in [0.2, 0.25) is 0 Å². The highest BCUT2D eigenvalue weighted by Crippen LogP contribution is 2.13. The van der Waals surface area contributed by atoms with Crippen molar-refractivity contribution in [2.24, 2.45) is 0 Å². The third kappa shape index (κ3) is 1.57. The van der Waals surface area contributed by atoms with Gasteiger partial charge in [0.1, 0.15) is 0 Å². The van der Waals surface area contributed by atoms with Gasteiger partial charge in [0.25, 0.3) is 6.47 Å². The molecule has 0 saturated heterocycles. The van der Waals surface area contributed by atoms with E-state index >= 15 is 0 Å². The van der Waals surface area contributed by atoms with E-state index in [1.807, 2.05) is 0 Å². The van der Waals surface area contributed by atoms with Crippen LogP contribution in [0.3, 0.4) is 0 Å². The van der Waals surface area contributed by atoms with Gasteiger partial charge in [0.05, 0.1) is 4.60 Å². The van der Waals surface area contributed by atoms with Crippen molar-refractivity contribution in [2.75, 3.05) is 0 Å². The topological polar surface area (TPSA) is 42.1 Å². The quantitative estimate of drug-likeness (QED) is 0.714. The fraction of sp³-hybridized carbons (Fsp3) is 0. The van der Waals surface area contributed by atoms with Crippen molar-refractivity contribution in [3.8, 4) is 5.88 Å². The predicted molar refractivity (Wildman–Crippen MR) is 35.2 cm³/mol. The maximum absolute atomic E-state index is 9.73. The molecule has 0 aliphatic rings. The minimum Gasteiger partial charge on any atom is -0.412 e. The Bertz CT molecular complexity index is 208. The van der Waals surface area contributed by atoms with Crippen LogP contribution in [0, 0.1) is 0 Å². The van der Waals surface area contributed by atoms with Crippen molar-refractivity contribution in [2.45, 2.75) is 0 Å². The molecule has 0 radical (unpaired) electrons. The van der Waals surface area contributed by atoms with Crippen molar-refractivity contribution < 1.29 is 9.53 Å². The molecule has 0 atom stereocenters. The number of hydrogen-bond donors (Lipinski definition) is 1. The number of H-pyrrole nitrogens is 1. The normalized spacial score (nSPS) is 9.00. The molecule has 48 valence electrons. The van der Waals surface area contributed by atoms with Gasteiger partial charge < -0.3 is 9.72 Å². The lowest BCUT2D eigenvalue weighted by molar-refractivity contribution is -0.120. The Labute approximate surface area is 60.1 Å². The van der Waals surface area contributed by atoms with Crippen LogP contribution >= 0.6 is 15.9 Å². The van der Waals surface area contributed by atoms with Gasteiger partial charge in [-0.25, -0.2) is 0 Å². The maximum atomic E-state index is 9.73. The molecule has 0 unspecified atom stereocenters. The summed E-state index contributed by atoms with van der Waals surface area (Å²) in [5, 5.41) is 0. The van der Waals surface area contributed by atoms with E-state index in [-0.39, 0.29) is 0 Å². The molecule has 0 saturated carbocycles. The molecular weight excluding hydrogens is 186 g/mol. The lowest BCUT2D eigenvalue weighted by Gasteiger charge is -1.87. The molecule has 9 heavy (non-hydrogen) atoms. The molecule has 0 amide bonds. The number of rotatable bonds is 2. The molecule has 0 spiro atoms. The average molecular weight is 190 g/mol. The van der Waals surface area contributed by atoms with Crippen molar-refractivity contribution in [3.05, 3.63) is 16.7 Å². The van der Waals surface area contributed by atoms with Crippen LogP contribution in [0.1, 0.15) is 0 Å². The predicted octanol–water partition coefficient (Wildman–Crippen LogP) is 1.31. The van der Waals surface area contributed by atoms with Gasteiger partial charge in [0, 0.05) is 6.07 Å². The summed E-state index contributed by atoms with van der Waals surface area (Å²) in [7, 11) is 0. The third-order valence-corrected chi connectivity index (χ3v) is 1.26. The minimum absolute atomic E-state index is 0.373. The number of aromatic nitrogens is 1. The second kappa shape index (κ2) is 2.68. The van der Waals surface area contributed by atoms with Crippen LogP contribution in [0.5, 0.6) is 5.88 Å². The van der Waals surface area contributed by atoms with Crippen molar-refractivity contribution in [1.29, 1.82) is 0 Å². The van der Waals surface area contributed by atoms with Gasteiger partial charge in [-0.1, -0.05) is 0 Å². The zero-order valence-electron chi connectivity index (χ0n) is 4.43. The highest BCUT2D eigenvalue weighted by Gasteiger charge is 1.92. The number of aromatic amines is 1. The van der Waals surface area contributed by atoms with Crippen LogP contribution in [0.4, 0.5) is 0 Å². The maximum Gasteiger partial charge on any atom is 0.299 e. The molecule has 0 fully saturated rings. The number of carbonyl (C=O) groups is 1. The van der Waals surface area contributed by atoms with Gasteiger partial charge >= 0.3 is 0 Å². The minimum atomic E-state index is 0.373. The van der Waals surface area contributed by atoms with E-state index in [1.54, 1.807) is 12.1 Å². The molecule has 0 aliphatic carbocycles. The number of nitrogens with one attached hydrogen (secondary N) is 1. The largest absolute Gasteiger partial charge is 0.412 e. The lowest BCUT2D eigenvalue weighted by Crippen LogP contribution is -1.86. The summed E-state index contributed by atoms with van der Waals surface area (Å²) in [5.41, 5.74) is 0. The first-order chi connectivity index (χ1) is 4.33. The highest BCUT2D eigenvalue weighted by atomic mass is 79.9. The first-order valence-corrected chi connectivity index (χ1v) is 3.07. The molecule has 4 heteroatoms. The van der Waals surface area contributed by atoms with E-state index in [4.69, 9.17) is 0 Å². The van der Waals surface area contributed by atoms with Gasteiger partial charge in [-0.3, -0.25) is 4.79 Å². The fourth-order valence-electron chi connectivity index (χ4n) is 0.470. The number of halogens is 1. The molecular formula is C5H4BrNO2. The Morgan fingerprint density at radius 3 is 2.89 bits per heavy atom. The van der Waals surface area contributed by atoms with E-state index in [0.29, 0.717) is 12.4 Å². The number of ether oxygens (including phenoxy) is 1. The van der Waals surface area contributed by atoms with Crippen molar-refractivity contribution in [1.82, 2.24) is 4.98 Å². The molecule has 0 bridgehead atoms. The van der Waals surface area contributed by atoms with Crippen LogP contribution in [0.15, 0.2) is 16.7 Å². The standard InChI is InChI=1S/C5H4BrNO2/c6-4-1-2-5(7-4)9-3-8/h1-3,7H. The van der Waals surface area contributed by atoms with E-state index in [0.717, 1.165) is 4.60 Å². The number of carbonyl (C=O) groups excluding carboxylic acids is 1. The zero-order chi connectivity index (χ0) is 6.69. The monoisotopic (exact) mass is 189 g/mol. The van der Waals surface area contributed by atoms with E-state index < -0.39 is 0 Å². The Morgan fingerprint density at radius 2 is 2.44 bits per heavy atom. The zero-order valence-corrected chi connectivity index (χ0v) is 6.01. The molecule has 1 aromatic rings. The van der Waals surface area contributed by atoms with Crippen molar-refractivity contribution in [3.63, 3.8) is 0 Å². The second-order valence-electron chi connectivity index (χ2n) is 1.38. The van der Waals surface area contributed by atoms with E-state index in [1.165, 1.54) is 0 Å². The second-order valence-corrected chi connectivity index (χ2v) is 2.24. The van der Waals surface area contributed by atoms with Crippen LogP contribution in [0.25, 0.3) is 0 Å². The van der Waals surface area contributed by atoms with Crippen LogP contribution in [-0.2, 0) is 4.79 Å². The van der Waals surface area contributed by atoms with E-state index in [9.17, 15) is 4.79 Å². The summed E-state index contributed by atoms with van der Waals surface area (Å²) in [5.74, 6) is 0.442.